The number of hydrogen-bond acceptors (Lipinski definition) is 7. The Morgan fingerprint density at radius 2 is 1.94 bits per heavy atom. The predicted molar refractivity (Wildman–Crippen MR) is 129 cm³/mol. The Hall–Kier alpha value is -2.84. The number of fused-ring (bicyclic) bond motifs is 5. The van der Waals surface area contributed by atoms with Crippen molar-refractivity contribution < 1.29 is 14.7 Å². The zero-order valence-corrected chi connectivity index (χ0v) is 19.7. The Bertz CT molecular complexity index is 1050. The number of ketones is 1. The Morgan fingerprint density at radius 1 is 1.18 bits per heavy atom. The lowest BCUT2D eigenvalue weighted by Gasteiger charge is -2.31. The molecule has 5 rings (SSSR count). The molecule has 8 nitrogen and oxygen atoms in total. The van der Waals surface area contributed by atoms with Gasteiger partial charge >= 0.3 is 0 Å². The highest BCUT2D eigenvalue weighted by Gasteiger charge is 2.42. The van der Waals surface area contributed by atoms with Crippen molar-refractivity contribution in [1.29, 1.82) is 0 Å². The lowest BCUT2D eigenvalue weighted by Crippen LogP contribution is -2.41. The van der Waals surface area contributed by atoms with Gasteiger partial charge in [0.25, 0.3) is 0 Å². The summed E-state index contributed by atoms with van der Waals surface area (Å²) in [4.78, 5) is 36.9. The average Bonchev–Trinajstić information content (AvgIpc) is 3.42. The van der Waals surface area contributed by atoms with Gasteiger partial charge in [-0.15, -0.1) is 0 Å². The van der Waals surface area contributed by atoms with Gasteiger partial charge in [-0.1, -0.05) is 24.3 Å². The molecule has 3 aliphatic rings. The second-order valence-corrected chi connectivity index (χ2v) is 9.86. The number of carbonyl (C=O) groups is 2. The molecule has 180 valence electrons. The van der Waals surface area contributed by atoms with Crippen LogP contribution in [0.25, 0.3) is 0 Å². The molecule has 3 heterocycles. The average molecular weight is 464 g/mol. The molecule has 1 aromatic carbocycles. The molecule has 2 fully saturated rings. The van der Waals surface area contributed by atoms with Crippen molar-refractivity contribution in [3.05, 3.63) is 53.5 Å². The van der Waals surface area contributed by atoms with Crippen molar-refractivity contribution in [1.82, 2.24) is 19.8 Å². The van der Waals surface area contributed by atoms with Gasteiger partial charge < -0.3 is 15.3 Å². The van der Waals surface area contributed by atoms with E-state index >= 15 is 0 Å². The second-order valence-electron chi connectivity index (χ2n) is 9.86. The molecule has 2 aliphatic heterocycles. The number of aliphatic hydroxyl groups is 1. The van der Waals surface area contributed by atoms with Gasteiger partial charge in [0.05, 0.1) is 6.10 Å². The number of carbonyl (C=O) groups excluding carboxylic acids is 2. The van der Waals surface area contributed by atoms with Crippen LogP contribution in [0.5, 0.6) is 0 Å². The minimum absolute atomic E-state index is 0.0795. The summed E-state index contributed by atoms with van der Waals surface area (Å²) in [7, 11) is 0. The molecule has 2 unspecified atom stereocenters. The van der Waals surface area contributed by atoms with Crippen LogP contribution in [0, 0.1) is 0 Å². The number of benzene rings is 1. The van der Waals surface area contributed by atoms with Gasteiger partial charge in [0.1, 0.15) is 17.8 Å². The molecule has 2 bridgehead atoms. The van der Waals surface area contributed by atoms with E-state index in [1.807, 2.05) is 4.90 Å². The van der Waals surface area contributed by atoms with Crippen LogP contribution in [-0.2, 0) is 4.79 Å². The van der Waals surface area contributed by atoms with Gasteiger partial charge in [-0.25, -0.2) is 9.97 Å². The molecule has 8 heteroatoms. The summed E-state index contributed by atoms with van der Waals surface area (Å²) in [5.41, 5.74) is 3.24. The van der Waals surface area contributed by atoms with E-state index in [4.69, 9.17) is 0 Å². The predicted octanol–water partition coefficient (Wildman–Crippen LogP) is 2.77. The van der Waals surface area contributed by atoms with Gasteiger partial charge in [0.15, 0.2) is 5.78 Å². The number of nitrogens with zero attached hydrogens (tertiary/aromatic N) is 4. The van der Waals surface area contributed by atoms with Crippen LogP contribution in [0.1, 0.15) is 72.6 Å². The number of anilines is 1. The molecule has 0 spiro atoms. The Kier molecular flexibility index (Phi) is 6.61. The van der Waals surface area contributed by atoms with Crippen LogP contribution in [0.15, 0.2) is 36.7 Å². The first-order valence-corrected chi connectivity index (χ1v) is 12.4. The van der Waals surface area contributed by atoms with E-state index in [2.05, 4.69) is 44.5 Å². The van der Waals surface area contributed by atoms with E-state index in [-0.39, 0.29) is 24.2 Å². The van der Waals surface area contributed by atoms with Crippen LogP contribution in [0.2, 0.25) is 0 Å². The van der Waals surface area contributed by atoms with Crippen molar-refractivity contribution in [2.45, 2.75) is 63.1 Å². The highest BCUT2D eigenvalue weighted by Crippen LogP contribution is 2.49. The van der Waals surface area contributed by atoms with Gasteiger partial charge in [-0.3, -0.25) is 14.5 Å². The number of hydrogen-bond donors (Lipinski definition) is 2. The lowest BCUT2D eigenvalue weighted by molar-refractivity contribution is -0.129. The van der Waals surface area contributed by atoms with E-state index in [9.17, 15) is 14.7 Å². The number of β-amino-alcohol motifs (C(OH)–C–C–N with tert-alkyl or cyclic N) is 1. The second kappa shape index (κ2) is 9.80. The van der Waals surface area contributed by atoms with E-state index in [1.54, 1.807) is 13.0 Å². The first kappa shape index (κ1) is 22.9. The molecule has 2 N–H and O–H groups in total. The highest BCUT2D eigenvalue weighted by atomic mass is 16.3. The fourth-order valence-electron chi connectivity index (χ4n) is 5.76. The van der Waals surface area contributed by atoms with Crippen LogP contribution in [0.3, 0.4) is 0 Å². The zero-order valence-electron chi connectivity index (χ0n) is 19.7. The molecule has 1 aromatic heterocycles. The molecule has 2 aromatic rings. The number of likely N-dealkylation sites (tertiary alicyclic amines) is 2. The number of aromatic nitrogens is 2. The zero-order chi connectivity index (χ0) is 23.7. The summed E-state index contributed by atoms with van der Waals surface area (Å²) >= 11 is 0. The van der Waals surface area contributed by atoms with Crippen molar-refractivity contribution in [2.24, 2.45) is 0 Å². The van der Waals surface area contributed by atoms with Crippen molar-refractivity contribution in [3.8, 4) is 0 Å². The Balaban J connectivity index is 1.10. The first-order valence-electron chi connectivity index (χ1n) is 12.4. The van der Waals surface area contributed by atoms with E-state index < -0.39 is 6.10 Å². The minimum Gasteiger partial charge on any atom is -0.392 e. The molecular formula is C26H33N5O3. The van der Waals surface area contributed by atoms with Crippen LogP contribution < -0.4 is 5.32 Å². The number of amides is 1. The van der Waals surface area contributed by atoms with Gasteiger partial charge in [0, 0.05) is 57.7 Å². The molecule has 2 saturated heterocycles. The smallest absolute Gasteiger partial charge is 0.219 e. The molecular weight excluding hydrogens is 430 g/mol. The molecule has 3 atom stereocenters. The Morgan fingerprint density at radius 3 is 2.71 bits per heavy atom. The van der Waals surface area contributed by atoms with Crippen molar-refractivity contribution >= 4 is 17.5 Å². The maximum atomic E-state index is 12.8. The van der Waals surface area contributed by atoms with Gasteiger partial charge in [-0.05, 0) is 42.7 Å². The summed E-state index contributed by atoms with van der Waals surface area (Å²) in [6, 6.07) is 10.9. The fourth-order valence-corrected chi connectivity index (χ4v) is 5.76. The van der Waals surface area contributed by atoms with Crippen LogP contribution in [-0.4, -0.2) is 74.9 Å². The van der Waals surface area contributed by atoms with Gasteiger partial charge in [0.2, 0.25) is 5.91 Å². The summed E-state index contributed by atoms with van der Waals surface area (Å²) in [5, 5.41) is 14.0. The third-order valence-corrected chi connectivity index (χ3v) is 7.59. The summed E-state index contributed by atoms with van der Waals surface area (Å²) < 4.78 is 0. The number of nitrogens with one attached hydrogen (secondary N) is 1. The number of rotatable bonds is 8. The topological polar surface area (TPSA) is 98.7 Å². The third kappa shape index (κ3) is 4.83. The SMILES string of the molecule is CC(=O)N1CCC(Nc2cc(C(=O)CC[C@H](O)CN3CC4CC3c3ccccc34)ncn2)CC1. The number of piperidine rings is 1. The quantitative estimate of drug-likeness (QED) is 0.581. The monoisotopic (exact) mass is 463 g/mol. The van der Waals surface area contributed by atoms with Crippen molar-refractivity contribution in [2.75, 3.05) is 31.5 Å². The minimum atomic E-state index is -0.540. The van der Waals surface area contributed by atoms with Crippen molar-refractivity contribution in [3.63, 3.8) is 0 Å². The summed E-state index contributed by atoms with van der Waals surface area (Å²) in [5.74, 6) is 1.23. The van der Waals surface area contributed by atoms with E-state index in [1.165, 1.54) is 17.5 Å². The largest absolute Gasteiger partial charge is 0.392 e. The maximum Gasteiger partial charge on any atom is 0.219 e. The van der Waals surface area contributed by atoms with Crippen LogP contribution in [0.4, 0.5) is 5.82 Å². The van der Waals surface area contributed by atoms with Crippen LogP contribution >= 0.6 is 0 Å². The molecule has 34 heavy (non-hydrogen) atoms. The Labute approximate surface area is 200 Å². The lowest BCUT2D eigenvalue weighted by atomic mass is 9.99. The summed E-state index contributed by atoms with van der Waals surface area (Å²) in [6.45, 7) is 4.64. The first-order chi connectivity index (χ1) is 16.5. The molecule has 1 amide bonds. The highest BCUT2D eigenvalue weighted by molar-refractivity contribution is 5.94. The fraction of sp³-hybridized carbons (Fsp3) is 0.538. The normalized spacial score (nSPS) is 23.1. The molecule has 1 aliphatic carbocycles. The molecule has 0 saturated carbocycles. The third-order valence-electron chi connectivity index (χ3n) is 7.59. The summed E-state index contributed by atoms with van der Waals surface area (Å²) in [6.07, 6.45) is 4.38. The van der Waals surface area contributed by atoms with E-state index in [0.717, 1.165) is 38.9 Å². The number of aliphatic hydroxyl groups excluding tert-OH is 1. The maximum absolute atomic E-state index is 12.8. The number of Topliss-reactive ketones (excluding diaryl/α,β-unsaturated/α-hetero) is 1. The van der Waals surface area contributed by atoms with Gasteiger partial charge in [-0.2, -0.15) is 0 Å². The molecule has 0 radical (unpaired) electrons. The standard InChI is InChI=1S/C26H33N5O3/c1-17(32)30-10-8-19(9-11-30)29-26-13-23(27-16-28-26)25(34)7-6-20(33)15-31-14-18-12-24(31)22-5-3-2-4-21(18)22/h2-5,13,16,18-20,24,33H,6-12,14-15H2,1H3,(H,27,28,29)/t18?,20-,24?/m0/s1. The van der Waals surface area contributed by atoms with E-state index in [0.29, 0.717) is 36.4 Å².